The molecule has 5 rings (SSSR count). The van der Waals surface area contributed by atoms with E-state index in [1.807, 2.05) is 34.9 Å². The smallest absolute Gasteiger partial charge is 0.409 e. The summed E-state index contributed by atoms with van der Waals surface area (Å²) in [4.78, 5) is 37.2. The number of pyridine rings is 1. The Balaban J connectivity index is 1.29. The Morgan fingerprint density at radius 1 is 1.05 bits per heavy atom. The largest absolute Gasteiger partial charge is 0.450 e. The van der Waals surface area contributed by atoms with Gasteiger partial charge in [-0.2, -0.15) is 0 Å². The van der Waals surface area contributed by atoms with Gasteiger partial charge in [-0.1, -0.05) is 30.0 Å². The van der Waals surface area contributed by atoms with Crippen molar-refractivity contribution in [1.82, 2.24) is 34.5 Å². The Bertz CT molecular complexity index is 1420. The zero-order valence-electron chi connectivity index (χ0n) is 21.1. The Morgan fingerprint density at radius 3 is 2.58 bits per heavy atom. The fraction of sp³-hybridized carbons (Fsp3) is 0.308. The minimum Gasteiger partial charge on any atom is -0.450 e. The molecule has 0 bridgehead atoms. The highest BCUT2D eigenvalue weighted by Gasteiger charge is 2.27. The summed E-state index contributed by atoms with van der Waals surface area (Å²) in [5.41, 5.74) is 3.40. The van der Waals surface area contributed by atoms with E-state index in [0.29, 0.717) is 50.1 Å². The average Bonchev–Trinajstić information content (AvgIpc) is 3.60. The number of para-hydroxylation sites is 1. The van der Waals surface area contributed by atoms with Crippen molar-refractivity contribution in [2.45, 2.75) is 24.8 Å². The molecule has 1 fully saturated rings. The van der Waals surface area contributed by atoms with Crippen LogP contribution in [0.5, 0.6) is 0 Å². The van der Waals surface area contributed by atoms with E-state index in [2.05, 4.69) is 33.2 Å². The Labute approximate surface area is 228 Å². The third-order valence-corrected chi connectivity index (χ3v) is 8.07. The first-order chi connectivity index (χ1) is 18.5. The lowest BCUT2D eigenvalue weighted by Gasteiger charge is -2.33. The van der Waals surface area contributed by atoms with Crippen LogP contribution in [0.3, 0.4) is 0 Å². The quantitative estimate of drug-likeness (QED) is 0.314. The number of benzene rings is 1. The first-order valence-electron chi connectivity index (χ1n) is 12.2. The summed E-state index contributed by atoms with van der Waals surface area (Å²) < 4.78 is 7.10. The van der Waals surface area contributed by atoms with E-state index in [1.54, 1.807) is 34.5 Å². The van der Waals surface area contributed by atoms with Gasteiger partial charge in [0.1, 0.15) is 10.7 Å². The molecule has 1 aliphatic heterocycles. The second-order valence-corrected chi connectivity index (χ2v) is 10.4. The van der Waals surface area contributed by atoms with E-state index in [9.17, 15) is 9.59 Å². The number of aryl methyl sites for hydroxylation is 1. The lowest BCUT2D eigenvalue weighted by atomic mass is 10.2. The fourth-order valence-electron chi connectivity index (χ4n) is 4.15. The van der Waals surface area contributed by atoms with E-state index in [-0.39, 0.29) is 12.0 Å². The number of amides is 2. The zero-order chi connectivity index (χ0) is 26.5. The van der Waals surface area contributed by atoms with Gasteiger partial charge >= 0.3 is 6.09 Å². The summed E-state index contributed by atoms with van der Waals surface area (Å²) in [7, 11) is 0. The molecule has 0 atom stereocenters. The van der Waals surface area contributed by atoms with E-state index >= 15 is 0 Å². The van der Waals surface area contributed by atoms with Crippen LogP contribution in [0.25, 0.3) is 17.1 Å². The molecule has 196 valence electrons. The number of carbonyl (C=O) groups is 2. The first-order valence-corrected chi connectivity index (χ1v) is 14.1. The molecule has 0 radical (unpaired) electrons. The lowest BCUT2D eigenvalue weighted by molar-refractivity contribution is 0.0566. The number of thiazole rings is 1. The van der Waals surface area contributed by atoms with Crippen molar-refractivity contribution in [2.24, 2.45) is 0 Å². The van der Waals surface area contributed by atoms with Gasteiger partial charge in [0.15, 0.2) is 11.0 Å². The highest BCUT2D eigenvalue weighted by atomic mass is 32.2. The maximum atomic E-state index is 13.0. The molecule has 10 nitrogen and oxygen atoms in total. The van der Waals surface area contributed by atoms with E-state index < -0.39 is 0 Å². The van der Waals surface area contributed by atoms with Gasteiger partial charge in [-0.05, 0) is 37.6 Å². The minimum absolute atomic E-state index is 0.122. The minimum atomic E-state index is -0.335. The van der Waals surface area contributed by atoms with Gasteiger partial charge < -0.3 is 14.5 Å². The second kappa shape index (κ2) is 11.7. The molecule has 0 spiro atoms. The number of carbonyl (C=O) groups excluding carboxylic acids is 2. The van der Waals surface area contributed by atoms with Crippen LogP contribution in [0.1, 0.15) is 28.0 Å². The molecule has 2 amide bonds. The maximum absolute atomic E-state index is 13.0. The summed E-state index contributed by atoms with van der Waals surface area (Å²) in [5.74, 6) is 1.14. The van der Waals surface area contributed by atoms with Crippen molar-refractivity contribution in [2.75, 3.05) is 32.8 Å². The first kappa shape index (κ1) is 25.9. The van der Waals surface area contributed by atoms with Crippen molar-refractivity contribution in [3.05, 3.63) is 70.4 Å². The number of hydrogen-bond acceptors (Lipinski definition) is 9. The summed E-state index contributed by atoms with van der Waals surface area (Å²) in [6.45, 7) is 5.98. The predicted octanol–water partition coefficient (Wildman–Crippen LogP) is 4.30. The third-order valence-electron chi connectivity index (χ3n) is 6.10. The van der Waals surface area contributed by atoms with Gasteiger partial charge in [0.25, 0.3) is 5.91 Å². The number of nitrogens with zero attached hydrogens (tertiary/aromatic N) is 7. The zero-order valence-corrected chi connectivity index (χ0v) is 22.7. The monoisotopic (exact) mass is 549 g/mol. The van der Waals surface area contributed by atoms with Crippen LogP contribution in [0.2, 0.25) is 0 Å². The molecule has 0 saturated carbocycles. The molecule has 12 heteroatoms. The van der Waals surface area contributed by atoms with Gasteiger partial charge in [-0.15, -0.1) is 21.5 Å². The molecule has 3 aromatic heterocycles. The molecule has 0 aliphatic carbocycles. The van der Waals surface area contributed by atoms with Crippen LogP contribution >= 0.6 is 23.1 Å². The molecule has 1 saturated heterocycles. The van der Waals surface area contributed by atoms with Crippen LogP contribution in [-0.2, 0) is 10.5 Å². The van der Waals surface area contributed by atoms with Gasteiger partial charge in [-0.25, -0.2) is 9.78 Å². The van der Waals surface area contributed by atoms with Gasteiger partial charge in [-0.3, -0.25) is 14.3 Å². The Hall–Kier alpha value is -3.77. The Morgan fingerprint density at radius 2 is 1.84 bits per heavy atom. The van der Waals surface area contributed by atoms with Crippen LogP contribution < -0.4 is 0 Å². The van der Waals surface area contributed by atoms with Gasteiger partial charge in [0.2, 0.25) is 0 Å². The normalized spacial score (nSPS) is 13.5. The van der Waals surface area contributed by atoms with Crippen molar-refractivity contribution < 1.29 is 14.3 Å². The van der Waals surface area contributed by atoms with Crippen LogP contribution in [0.15, 0.2) is 59.3 Å². The van der Waals surface area contributed by atoms with E-state index in [1.165, 1.54) is 23.1 Å². The SMILES string of the molecule is CCOC(=O)N1CCN(C(=O)c2csc(CSc3nnc(-c4cccnc4)n3-c3ccccc3C)n2)CC1. The average molecular weight is 550 g/mol. The molecule has 1 aliphatic rings. The molecular formula is C26H27N7O3S2. The number of hydrogen-bond donors (Lipinski definition) is 0. The highest BCUT2D eigenvalue weighted by molar-refractivity contribution is 7.98. The topological polar surface area (TPSA) is 106 Å². The predicted molar refractivity (Wildman–Crippen MR) is 146 cm³/mol. The lowest BCUT2D eigenvalue weighted by Crippen LogP contribution is -2.50. The van der Waals surface area contributed by atoms with Crippen molar-refractivity contribution >= 4 is 35.1 Å². The van der Waals surface area contributed by atoms with Gasteiger partial charge in [0, 0.05) is 49.5 Å². The molecular weight excluding hydrogens is 522 g/mol. The van der Waals surface area contributed by atoms with Crippen molar-refractivity contribution in [1.29, 1.82) is 0 Å². The standard InChI is InChI=1S/C26H27N7O3S2/c1-3-36-26(35)32-13-11-31(12-14-32)24(34)20-16-37-22(28-20)17-38-25-30-29-23(19-8-6-10-27-15-19)33(25)21-9-5-4-7-18(21)2/h4-10,15-16H,3,11-14,17H2,1-2H3. The number of ether oxygens (including phenoxy) is 1. The number of thioether (sulfide) groups is 1. The van der Waals surface area contributed by atoms with Crippen molar-refractivity contribution in [3.8, 4) is 17.1 Å². The van der Waals surface area contributed by atoms with Gasteiger partial charge in [0.05, 0.1) is 18.0 Å². The van der Waals surface area contributed by atoms with Crippen LogP contribution in [0, 0.1) is 6.92 Å². The summed E-state index contributed by atoms with van der Waals surface area (Å²) >= 11 is 2.97. The number of aromatic nitrogens is 5. The highest BCUT2D eigenvalue weighted by Crippen LogP contribution is 2.31. The third kappa shape index (κ3) is 5.55. The fourth-order valence-corrected chi connectivity index (χ4v) is 5.88. The second-order valence-electron chi connectivity index (χ2n) is 8.56. The van der Waals surface area contributed by atoms with E-state index in [4.69, 9.17) is 4.74 Å². The molecule has 4 aromatic rings. The number of piperazine rings is 1. The molecule has 0 unspecified atom stereocenters. The van der Waals surface area contributed by atoms with Crippen LogP contribution in [-0.4, -0.2) is 79.3 Å². The van der Waals surface area contributed by atoms with E-state index in [0.717, 1.165) is 27.0 Å². The summed E-state index contributed by atoms with van der Waals surface area (Å²) in [5, 5.41) is 12.3. The molecule has 0 N–H and O–H groups in total. The summed E-state index contributed by atoms with van der Waals surface area (Å²) in [6, 6.07) is 11.9. The van der Waals surface area contributed by atoms with Crippen LogP contribution in [0.4, 0.5) is 4.79 Å². The molecule has 38 heavy (non-hydrogen) atoms. The van der Waals surface area contributed by atoms with Crippen molar-refractivity contribution in [3.63, 3.8) is 0 Å². The summed E-state index contributed by atoms with van der Waals surface area (Å²) in [6.07, 6.45) is 3.17. The Kier molecular flexibility index (Phi) is 7.99. The number of rotatable bonds is 7. The maximum Gasteiger partial charge on any atom is 0.409 e. The molecule has 4 heterocycles. The molecule has 1 aromatic carbocycles.